The standard InChI is InChI=1S/C17H13FN4O2/c1-10-15(2)23-13(11-4-3-5-12(18)6-11)17(9-21,14(22)24-15)16(10,7-19)8-20/h3-6,10,13,22H,1-2H3/t10-,13-,15-,17-/m1/s1. The molecule has 0 radical (unpaired) electrons. The quantitative estimate of drug-likeness (QED) is 0.853. The highest BCUT2D eigenvalue weighted by molar-refractivity contribution is 5.88. The van der Waals surface area contributed by atoms with Crippen molar-refractivity contribution in [3.8, 4) is 18.2 Å². The molecule has 120 valence electrons. The van der Waals surface area contributed by atoms with Crippen molar-refractivity contribution in [3.63, 3.8) is 0 Å². The summed E-state index contributed by atoms with van der Waals surface area (Å²) in [6.45, 7) is 3.09. The lowest BCUT2D eigenvalue weighted by Crippen LogP contribution is -2.71. The smallest absolute Gasteiger partial charge is 0.215 e. The van der Waals surface area contributed by atoms with E-state index < -0.39 is 40.4 Å². The molecule has 3 aliphatic rings. The van der Waals surface area contributed by atoms with Gasteiger partial charge >= 0.3 is 0 Å². The molecule has 0 spiro atoms. The first-order valence-electron chi connectivity index (χ1n) is 7.26. The van der Waals surface area contributed by atoms with E-state index in [0.717, 1.165) is 0 Å². The molecule has 3 fully saturated rings. The SMILES string of the molecule is C[C@H]1C(C#N)(C#N)[C@@]2(C#N)C(=N)O[C@@]1(C)O[C@@H]2c1cccc(F)c1. The predicted octanol–water partition coefficient (Wildman–Crippen LogP) is 2.80. The minimum atomic E-state index is -1.98. The number of nitrogens with zero attached hydrogens (tertiary/aromatic N) is 3. The molecule has 3 saturated heterocycles. The lowest BCUT2D eigenvalue weighted by Gasteiger charge is -2.60. The van der Waals surface area contributed by atoms with Crippen LogP contribution in [0.15, 0.2) is 24.3 Å². The fourth-order valence-corrected chi connectivity index (χ4v) is 3.64. The molecule has 7 heteroatoms. The van der Waals surface area contributed by atoms with E-state index in [0.29, 0.717) is 0 Å². The van der Waals surface area contributed by atoms with E-state index in [1.807, 2.05) is 18.2 Å². The highest BCUT2D eigenvalue weighted by Gasteiger charge is 2.78. The van der Waals surface area contributed by atoms with Crippen molar-refractivity contribution in [3.05, 3.63) is 35.6 Å². The number of benzene rings is 1. The summed E-state index contributed by atoms with van der Waals surface area (Å²) >= 11 is 0. The molecular formula is C17H13FN4O2. The van der Waals surface area contributed by atoms with Crippen LogP contribution in [0.1, 0.15) is 25.5 Å². The van der Waals surface area contributed by atoms with Crippen molar-refractivity contribution in [2.24, 2.45) is 16.7 Å². The largest absolute Gasteiger partial charge is 0.448 e. The summed E-state index contributed by atoms with van der Waals surface area (Å²) in [5.41, 5.74) is -3.57. The Morgan fingerprint density at radius 1 is 1.21 bits per heavy atom. The summed E-state index contributed by atoms with van der Waals surface area (Å²) in [5.74, 6) is -3.29. The minimum Gasteiger partial charge on any atom is -0.448 e. The number of nitriles is 3. The molecule has 1 aromatic carbocycles. The summed E-state index contributed by atoms with van der Waals surface area (Å²) in [4.78, 5) is 0. The topological polar surface area (TPSA) is 114 Å². The van der Waals surface area contributed by atoms with E-state index in [1.54, 1.807) is 6.92 Å². The first-order chi connectivity index (χ1) is 11.3. The summed E-state index contributed by atoms with van der Waals surface area (Å²) in [5, 5.41) is 37.7. The van der Waals surface area contributed by atoms with E-state index in [1.165, 1.54) is 31.2 Å². The molecule has 1 N–H and O–H groups in total. The Bertz CT molecular complexity index is 851. The van der Waals surface area contributed by atoms with Gasteiger partial charge in [0.1, 0.15) is 11.9 Å². The molecule has 0 unspecified atom stereocenters. The number of halogens is 1. The van der Waals surface area contributed by atoms with Crippen molar-refractivity contribution < 1.29 is 13.9 Å². The first kappa shape index (κ1) is 15.9. The zero-order chi connectivity index (χ0) is 17.8. The van der Waals surface area contributed by atoms with Crippen LogP contribution in [0.5, 0.6) is 0 Å². The van der Waals surface area contributed by atoms with Crippen molar-refractivity contribution in [2.45, 2.75) is 25.7 Å². The highest BCUT2D eigenvalue weighted by atomic mass is 19.1. The molecule has 0 saturated carbocycles. The number of ether oxygens (including phenoxy) is 2. The second kappa shape index (κ2) is 4.77. The fraction of sp³-hybridized carbons (Fsp3) is 0.412. The Balaban J connectivity index is 2.35. The predicted molar refractivity (Wildman–Crippen MR) is 78.3 cm³/mol. The molecule has 4 atom stereocenters. The molecule has 0 aromatic heterocycles. The van der Waals surface area contributed by atoms with E-state index >= 15 is 0 Å². The average Bonchev–Trinajstić information content (AvgIpc) is 2.56. The Kier molecular flexibility index (Phi) is 3.17. The van der Waals surface area contributed by atoms with Gasteiger partial charge in [0.2, 0.25) is 11.7 Å². The second-order valence-corrected chi connectivity index (χ2v) is 6.17. The summed E-state index contributed by atoms with van der Waals surface area (Å²) < 4.78 is 25.0. The van der Waals surface area contributed by atoms with Gasteiger partial charge in [-0.25, -0.2) is 4.39 Å². The Morgan fingerprint density at radius 3 is 2.42 bits per heavy atom. The molecule has 2 bridgehead atoms. The van der Waals surface area contributed by atoms with Crippen molar-refractivity contribution >= 4 is 5.90 Å². The molecule has 3 aliphatic heterocycles. The Hall–Kier alpha value is -2.95. The summed E-state index contributed by atoms with van der Waals surface area (Å²) in [7, 11) is 0. The van der Waals surface area contributed by atoms with Crippen LogP contribution >= 0.6 is 0 Å². The van der Waals surface area contributed by atoms with Crippen LogP contribution in [-0.2, 0) is 9.47 Å². The number of hydrogen-bond donors (Lipinski definition) is 1. The maximum Gasteiger partial charge on any atom is 0.215 e. The van der Waals surface area contributed by atoms with Crippen LogP contribution in [0.2, 0.25) is 0 Å². The normalized spacial score (nSPS) is 36.1. The van der Waals surface area contributed by atoms with Crippen molar-refractivity contribution in [1.82, 2.24) is 0 Å². The first-order valence-corrected chi connectivity index (χ1v) is 7.26. The van der Waals surface area contributed by atoms with Crippen molar-refractivity contribution in [1.29, 1.82) is 21.2 Å². The molecule has 4 rings (SSSR count). The van der Waals surface area contributed by atoms with Gasteiger partial charge in [0.05, 0.1) is 24.1 Å². The third-order valence-electron chi connectivity index (χ3n) is 5.15. The van der Waals surface area contributed by atoms with Gasteiger partial charge in [0.15, 0.2) is 10.8 Å². The molecule has 3 heterocycles. The van der Waals surface area contributed by atoms with Crippen LogP contribution < -0.4 is 0 Å². The lowest BCUT2D eigenvalue weighted by molar-refractivity contribution is -0.338. The van der Waals surface area contributed by atoms with Crippen LogP contribution in [0.4, 0.5) is 4.39 Å². The maximum atomic E-state index is 13.7. The third-order valence-corrected chi connectivity index (χ3v) is 5.15. The van der Waals surface area contributed by atoms with E-state index in [9.17, 15) is 20.2 Å². The number of fused-ring (bicyclic) bond motifs is 3. The van der Waals surface area contributed by atoms with Gasteiger partial charge in [-0.05, 0) is 17.7 Å². The summed E-state index contributed by atoms with van der Waals surface area (Å²) in [6.07, 6.45) is -1.17. The van der Waals surface area contributed by atoms with E-state index in [4.69, 9.17) is 14.9 Å². The summed E-state index contributed by atoms with van der Waals surface area (Å²) in [6, 6.07) is 11.2. The van der Waals surface area contributed by atoms with Gasteiger partial charge in [-0.1, -0.05) is 19.1 Å². The van der Waals surface area contributed by atoms with E-state index in [2.05, 4.69) is 0 Å². The zero-order valence-electron chi connectivity index (χ0n) is 13.0. The number of rotatable bonds is 1. The molecular weight excluding hydrogens is 311 g/mol. The Morgan fingerprint density at radius 2 is 1.88 bits per heavy atom. The molecule has 24 heavy (non-hydrogen) atoms. The minimum absolute atomic E-state index is 0.276. The monoisotopic (exact) mass is 324 g/mol. The van der Waals surface area contributed by atoms with Crippen LogP contribution in [0.3, 0.4) is 0 Å². The molecule has 0 amide bonds. The van der Waals surface area contributed by atoms with Gasteiger partial charge < -0.3 is 9.47 Å². The van der Waals surface area contributed by atoms with Crippen LogP contribution in [0.25, 0.3) is 0 Å². The average molecular weight is 324 g/mol. The molecule has 6 nitrogen and oxygen atoms in total. The highest BCUT2D eigenvalue weighted by Crippen LogP contribution is 2.66. The van der Waals surface area contributed by atoms with Gasteiger partial charge in [-0.2, -0.15) is 15.8 Å². The zero-order valence-corrected chi connectivity index (χ0v) is 13.0. The van der Waals surface area contributed by atoms with Gasteiger partial charge in [-0.3, -0.25) is 5.41 Å². The van der Waals surface area contributed by atoms with E-state index in [-0.39, 0.29) is 5.56 Å². The number of nitrogens with one attached hydrogen (secondary N) is 1. The third kappa shape index (κ3) is 1.56. The lowest BCUT2D eigenvalue weighted by atomic mass is 9.51. The van der Waals surface area contributed by atoms with Crippen molar-refractivity contribution in [2.75, 3.05) is 0 Å². The molecule has 1 aromatic rings. The Labute approximate surface area is 138 Å². The van der Waals surface area contributed by atoms with Crippen LogP contribution in [0, 0.1) is 62.0 Å². The van der Waals surface area contributed by atoms with Gasteiger partial charge in [0.25, 0.3) is 0 Å². The van der Waals surface area contributed by atoms with Gasteiger partial charge in [-0.15, -0.1) is 0 Å². The number of hydrogen-bond acceptors (Lipinski definition) is 6. The second-order valence-electron chi connectivity index (χ2n) is 6.17. The fourth-order valence-electron chi connectivity index (χ4n) is 3.64. The maximum absolute atomic E-state index is 13.7. The molecule has 0 aliphatic carbocycles. The van der Waals surface area contributed by atoms with Gasteiger partial charge in [0, 0.05) is 6.92 Å². The van der Waals surface area contributed by atoms with Crippen LogP contribution in [-0.4, -0.2) is 11.7 Å².